The molecule has 0 radical (unpaired) electrons. The maximum absolute atomic E-state index is 2.57. The number of benzene rings is 9. The Morgan fingerprint density at radius 3 is 1.52 bits per heavy atom. The number of hydrogen-bond acceptors (Lipinski definition) is 1. The van der Waals surface area contributed by atoms with Crippen LogP contribution >= 0.6 is 0 Å². The third kappa shape index (κ3) is 3.78. The van der Waals surface area contributed by atoms with E-state index >= 15 is 0 Å². The molecule has 0 heterocycles. The van der Waals surface area contributed by atoms with Gasteiger partial charge in [-0.05, 0) is 131 Å². The van der Waals surface area contributed by atoms with Gasteiger partial charge in [0, 0.05) is 17.1 Å². The van der Waals surface area contributed by atoms with Crippen LogP contribution in [0.5, 0.6) is 0 Å². The lowest BCUT2D eigenvalue weighted by atomic mass is 9.68. The van der Waals surface area contributed by atoms with Crippen LogP contribution in [-0.2, 0) is 5.41 Å². The molecule has 1 nitrogen and oxygen atoms in total. The van der Waals surface area contributed by atoms with Crippen LogP contribution in [0.2, 0.25) is 0 Å². The Morgan fingerprint density at radius 1 is 0.315 bits per heavy atom. The Hall–Kier alpha value is -6.96. The molecular formula is C53H33N. The Morgan fingerprint density at radius 2 is 0.815 bits per heavy atom. The average molecular weight is 684 g/mol. The normalized spacial score (nSPS) is 15.1. The maximum Gasteiger partial charge on any atom is 0.0731 e. The third-order valence-electron chi connectivity index (χ3n) is 12.2. The second-order valence-corrected chi connectivity index (χ2v) is 14.7. The summed E-state index contributed by atoms with van der Waals surface area (Å²) in [5.74, 6) is 0. The fourth-order valence-electron chi connectivity index (χ4n) is 10.2. The van der Waals surface area contributed by atoms with Gasteiger partial charge in [0.15, 0.2) is 0 Å². The van der Waals surface area contributed by atoms with Crippen LogP contribution in [0.1, 0.15) is 22.3 Å². The molecule has 0 bridgehead atoms. The standard InChI is InChI=1S/C53H33N/c1-3-15-35(16-4-1)54(36-17-5-2-6-18-36)37-31-29-34(30-32-37)38-23-13-25-43-41-21-9-11-27-47(41)53(52(38)43)48-28-12-10-22-44(48)51-45-26-14-24-42-39-19-7-8-20-40(39)46(50(42)45)33-49(51)53/h1-33H. The monoisotopic (exact) mass is 683 g/mol. The molecule has 1 heteroatoms. The van der Waals surface area contributed by atoms with E-state index < -0.39 is 5.41 Å². The predicted octanol–water partition coefficient (Wildman–Crippen LogP) is 14.0. The van der Waals surface area contributed by atoms with Crippen molar-refractivity contribution >= 4 is 27.8 Å². The highest BCUT2D eigenvalue weighted by molar-refractivity contribution is 6.21. The molecule has 9 aromatic carbocycles. The lowest BCUT2D eigenvalue weighted by Crippen LogP contribution is -2.26. The highest BCUT2D eigenvalue weighted by Gasteiger charge is 2.53. The van der Waals surface area contributed by atoms with Gasteiger partial charge in [-0.1, -0.05) is 158 Å². The first-order valence-corrected chi connectivity index (χ1v) is 18.9. The SMILES string of the molecule is c1ccc(N(c2ccccc2)c2ccc(-c3cccc4c3C3(c5ccccc5-4)c4ccccc4-c4c3cc3c5c(cccc45)-c4ccccc4-3)cc2)cc1. The number of para-hydroxylation sites is 2. The van der Waals surface area contributed by atoms with Crippen LogP contribution in [0.15, 0.2) is 200 Å². The molecule has 3 aliphatic carbocycles. The van der Waals surface area contributed by atoms with Gasteiger partial charge < -0.3 is 4.90 Å². The zero-order valence-corrected chi connectivity index (χ0v) is 29.5. The van der Waals surface area contributed by atoms with Gasteiger partial charge in [0.1, 0.15) is 0 Å². The molecule has 54 heavy (non-hydrogen) atoms. The maximum atomic E-state index is 2.57. The summed E-state index contributed by atoms with van der Waals surface area (Å²) in [7, 11) is 0. The van der Waals surface area contributed by atoms with Gasteiger partial charge >= 0.3 is 0 Å². The molecule has 1 spiro atoms. The summed E-state index contributed by atoms with van der Waals surface area (Å²) in [4.78, 5) is 2.33. The zero-order valence-electron chi connectivity index (χ0n) is 29.5. The molecule has 9 aromatic rings. The van der Waals surface area contributed by atoms with E-state index in [4.69, 9.17) is 0 Å². The minimum absolute atomic E-state index is 0.481. The van der Waals surface area contributed by atoms with E-state index in [9.17, 15) is 0 Å². The van der Waals surface area contributed by atoms with Crippen molar-refractivity contribution in [2.75, 3.05) is 4.90 Å². The number of nitrogens with zero attached hydrogens (tertiary/aromatic N) is 1. The molecule has 0 amide bonds. The molecule has 0 fully saturated rings. The molecular weight excluding hydrogens is 651 g/mol. The minimum Gasteiger partial charge on any atom is -0.311 e. The Balaban J connectivity index is 1.13. The summed E-state index contributed by atoms with van der Waals surface area (Å²) in [5, 5.41) is 2.72. The van der Waals surface area contributed by atoms with Gasteiger partial charge in [0.25, 0.3) is 0 Å². The summed E-state index contributed by atoms with van der Waals surface area (Å²) < 4.78 is 0. The topological polar surface area (TPSA) is 3.24 Å². The quantitative estimate of drug-likeness (QED) is 0.178. The Labute approximate surface area is 315 Å². The van der Waals surface area contributed by atoms with Gasteiger partial charge in [-0.25, -0.2) is 0 Å². The van der Waals surface area contributed by atoms with Crippen LogP contribution in [0, 0.1) is 0 Å². The van der Waals surface area contributed by atoms with Crippen LogP contribution < -0.4 is 4.90 Å². The van der Waals surface area contributed by atoms with Gasteiger partial charge in [0.2, 0.25) is 0 Å². The lowest BCUT2D eigenvalue weighted by molar-refractivity contribution is 0.797. The highest BCUT2D eigenvalue weighted by atomic mass is 15.1. The number of fused-ring (bicyclic) bond motifs is 14. The van der Waals surface area contributed by atoms with E-state index in [1.165, 1.54) is 88.7 Å². The first-order valence-electron chi connectivity index (χ1n) is 18.9. The molecule has 0 aromatic heterocycles. The number of anilines is 3. The summed E-state index contributed by atoms with van der Waals surface area (Å²) in [6.07, 6.45) is 0. The summed E-state index contributed by atoms with van der Waals surface area (Å²) in [6, 6.07) is 74.3. The van der Waals surface area contributed by atoms with Crippen molar-refractivity contribution in [3.05, 3.63) is 222 Å². The lowest BCUT2D eigenvalue weighted by Gasteiger charge is -2.33. The second kappa shape index (κ2) is 11.0. The van der Waals surface area contributed by atoms with E-state index in [0.29, 0.717) is 0 Å². The molecule has 12 rings (SSSR count). The smallest absolute Gasteiger partial charge is 0.0731 e. The highest BCUT2D eigenvalue weighted by Crippen LogP contribution is 2.67. The van der Waals surface area contributed by atoms with E-state index in [2.05, 4.69) is 205 Å². The van der Waals surface area contributed by atoms with E-state index in [0.717, 1.165) is 17.1 Å². The van der Waals surface area contributed by atoms with E-state index in [1.54, 1.807) is 0 Å². The molecule has 0 saturated heterocycles. The fourth-order valence-corrected chi connectivity index (χ4v) is 10.2. The molecule has 0 aliphatic heterocycles. The van der Waals surface area contributed by atoms with E-state index in [-0.39, 0.29) is 0 Å². The van der Waals surface area contributed by atoms with Gasteiger partial charge in [-0.15, -0.1) is 0 Å². The van der Waals surface area contributed by atoms with Crippen molar-refractivity contribution in [1.82, 2.24) is 0 Å². The molecule has 1 unspecified atom stereocenters. The summed E-state index contributed by atoms with van der Waals surface area (Å²) >= 11 is 0. The van der Waals surface area contributed by atoms with Crippen molar-refractivity contribution < 1.29 is 0 Å². The number of hydrogen-bond donors (Lipinski definition) is 0. The van der Waals surface area contributed by atoms with Crippen molar-refractivity contribution in [2.45, 2.75) is 5.41 Å². The largest absolute Gasteiger partial charge is 0.311 e. The van der Waals surface area contributed by atoms with Gasteiger partial charge in [-0.3, -0.25) is 0 Å². The van der Waals surface area contributed by atoms with Crippen LogP contribution in [0.4, 0.5) is 17.1 Å². The van der Waals surface area contributed by atoms with Crippen molar-refractivity contribution in [2.24, 2.45) is 0 Å². The third-order valence-corrected chi connectivity index (χ3v) is 12.2. The Kier molecular flexibility index (Phi) is 6.04. The Bertz CT molecular complexity index is 2940. The van der Waals surface area contributed by atoms with Crippen LogP contribution in [0.25, 0.3) is 66.4 Å². The number of rotatable bonds is 4. The van der Waals surface area contributed by atoms with Crippen molar-refractivity contribution in [1.29, 1.82) is 0 Å². The van der Waals surface area contributed by atoms with Crippen molar-refractivity contribution in [3.8, 4) is 55.6 Å². The molecule has 0 saturated carbocycles. The van der Waals surface area contributed by atoms with Crippen LogP contribution in [-0.4, -0.2) is 0 Å². The first kappa shape index (κ1) is 29.6. The van der Waals surface area contributed by atoms with E-state index in [1.807, 2.05) is 0 Å². The first-order chi connectivity index (χ1) is 26.8. The molecule has 1 atom stereocenters. The molecule has 3 aliphatic rings. The minimum atomic E-state index is -0.481. The molecule has 250 valence electrons. The summed E-state index contributed by atoms with van der Waals surface area (Å²) in [6.45, 7) is 0. The van der Waals surface area contributed by atoms with Gasteiger partial charge in [0.05, 0.1) is 5.41 Å². The molecule has 0 N–H and O–H groups in total. The predicted molar refractivity (Wildman–Crippen MR) is 225 cm³/mol. The fraction of sp³-hybridized carbons (Fsp3) is 0.0189. The van der Waals surface area contributed by atoms with Crippen molar-refractivity contribution in [3.63, 3.8) is 0 Å². The zero-order chi connectivity index (χ0) is 35.4. The second-order valence-electron chi connectivity index (χ2n) is 14.7. The summed E-state index contributed by atoms with van der Waals surface area (Å²) in [5.41, 5.74) is 21.6. The van der Waals surface area contributed by atoms with Gasteiger partial charge in [-0.2, -0.15) is 0 Å². The van der Waals surface area contributed by atoms with Crippen LogP contribution in [0.3, 0.4) is 0 Å². The average Bonchev–Trinajstić information content (AvgIpc) is 3.85.